The van der Waals surface area contributed by atoms with Crippen molar-refractivity contribution in [2.45, 2.75) is 26.8 Å². The zero-order chi connectivity index (χ0) is 13.8. The van der Waals surface area contributed by atoms with Crippen molar-refractivity contribution in [2.24, 2.45) is 0 Å². The lowest BCUT2D eigenvalue weighted by Gasteiger charge is -2.00. The molecular formula is C12H15N3O4. The van der Waals surface area contributed by atoms with E-state index in [-0.39, 0.29) is 5.76 Å². The molecule has 0 amide bonds. The van der Waals surface area contributed by atoms with Gasteiger partial charge in [-0.25, -0.2) is 4.79 Å². The number of hydrogen-bond donors (Lipinski definition) is 2. The van der Waals surface area contributed by atoms with Crippen LogP contribution in [0.15, 0.2) is 15.0 Å². The fourth-order valence-electron chi connectivity index (χ4n) is 1.66. The minimum Gasteiger partial charge on any atom is -0.475 e. The fourth-order valence-corrected chi connectivity index (χ4v) is 1.66. The van der Waals surface area contributed by atoms with Gasteiger partial charge < -0.3 is 19.4 Å². The van der Waals surface area contributed by atoms with Gasteiger partial charge in [0.05, 0.1) is 0 Å². The number of nitrogens with one attached hydrogen (secondary N) is 1. The topological polar surface area (TPSA) is 101 Å². The third kappa shape index (κ3) is 3.41. The molecule has 2 N–H and O–H groups in total. The predicted octanol–water partition coefficient (Wildman–Crippen LogP) is 1.31. The first kappa shape index (κ1) is 13.3. The molecule has 0 fully saturated rings. The molecule has 7 heteroatoms. The Morgan fingerprint density at radius 3 is 2.84 bits per heavy atom. The van der Waals surface area contributed by atoms with E-state index in [1.807, 2.05) is 0 Å². The van der Waals surface area contributed by atoms with Gasteiger partial charge in [-0.15, -0.1) is 0 Å². The smallest absolute Gasteiger partial charge is 0.371 e. The number of hydrogen-bond acceptors (Lipinski definition) is 6. The highest BCUT2D eigenvalue weighted by Gasteiger charge is 2.12. The molecule has 2 heterocycles. The standard InChI is InChI=1S/C12H15N3O4/c1-7-9(5-10(18-7)12(16)17)6-13-4-3-11-14-8(2)15-19-11/h5,13H,3-4,6H2,1-2H3,(H,16,17). The third-order valence-electron chi connectivity index (χ3n) is 2.63. The predicted molar refractivity (Wildman–Crippen MR) is 64.9 cm³/mol. The Morgan fingerprint density at radius 2 is 2.26 bits per heavy atom. The van der Waals surface area contributed by atoms with Crippen LogP contribution in [-0.4, -0.2) is 27.8 Å². The maximum Gasteiger partial charge on any atom is 0.371 e. The third-order valence-corrected chi connectivity index (χ3v) is 2.63. The summed E-state index contributed by atoms with van der Waals surface area (Å²) in [6.45, 7) is 4.71. The lowest BCUT2D eigenvalue weighted by molar-refractivity contribution is 0.0661. The summed E-state index contributed by atoms with van der Waals surface area (Å²) in [4.78, 5) is 14.8. The van der Waals surface area contributed by atoms with E-state index < -0.39 is 5.97 Å². The zero-order valence-electron chi connectivity index (χ0n) is 10.8. The quantitative estimate of drug-likeness (QED) is 0.759. The molecule has 7 nitrogen and oxygen atoms in total. The molecule has 102 valence electrons. The molecule has 0 aromatic carbocycles. The Kier molecular flexibility index (Phi) is 3.96. The number of furan rings is 1. The van der Waals surface area contributed by atoms with Crippen LogP contribution >= 0.6 is 0 Å². The van der Waals surface area contributed by atoms with Gasteiger partial charge in [-0.1, -0.05) is 5.16 Å². The molecule has 0 spiro atoms. The van der Waals surface area contributed by atoms with Crippen molar-refractivity contribution in [3.05, 3.63) is 34.9 Å². The first-order chi connectivity index (χ1) is 9.06. The minimum absolute atomic E-state index is 0.0400. The number of rotatable bonds is 6. The molecule has 0 aliphatic rings. The van der Waals surface area contributed by atoms with Crippen LogP contribution in [-0.2, 0) is 13.0 Å². The van der Waals surface area contributed by atoms with Gasteiger partial charge >= 0.3 is 5.97 Å². The van der Waals surface area contributed by atoms with E-state index >= 15 is 0 Å². The Bertz CT molecular complexity index is 573. The minimum atomic E-state index is -1.06. The van der Waals surface area contributed by atoms with Gasteiger partial charge in [0, 0.05) is 25.1 Å². The van der Waals surface area contributed by atoms with E-state index in [0.29, 0.717) is 37.0 Å². The van der Waals surface area contributed by atoms with E-state index in [1.54, 1.807) is 13.8 Å². The molecule has 19 heavy (non-hydrogen) atoms. The van der Waals surface area contributed by atoms with Crippen molar-refractivity contribution in [1.29, 1.82) is 0 Å². The molecule has 2 rings (SSSR count). The van der Waals surface area contributed by atoms with Crippen LogP contribution < -0.4 is 5.32 Å². The highest BCUT2D eigenvalue weighted by molar-refractivity contribution is 5.84. The second-order valence-corrected chi connectivity index (χ2v) is 4.16. The second-order valence-electron chi connectivity index (χ2n) is 4.16. The Labute approximate surface area is 109 Å². The lowest BCUT2D eigenvalue weighted by Crippen LogP contribution is -2.17. The van der Waals surface area contributed by atoms with Gasteiger partial charge in [-0.2, -0.15) is 4.98 Å². The first-order valence-electron chi connectivity index (χ1n) is 5.89. The molecule has 0 aliphatic carbocycles. The Balaban J connectivity index is 1.81. The number of nitrogens with zero attached hydrogens (tertiary/aromatic N) is 2. The molecule has 0 saturated heterocycles. The zero-order valence-corrected chi connectivity index (χ0v) is 10.8. The summed E-state index contributed by atoms with van der Waals surface area (Å²) in [6.07, 6.45) is 0.628. The van der Waals surface area contributed by atoms with Crippen LogP contribution in [0.5, 0.6) is 0 Å². The summed E-state index contributed by atoms with van der Waals surface area (Å²) < 4.78 is 10.1. The highest BCUT2D eigenvalue weighted by Crippen LogP contribution is 2.14. The van der Waals surface area contributed by atoms with Crippen LogP contribution in [0.1, 0.15) is 33.6 Å². The largest absolute Gasteiger partial charge is 0.475 e. The summed E-state index contributed by atoms with van der Waals surface area (Å²) >= 11 is 0. The summed E-state index contributed by atoms with van der Waals surface area (Å²) in [6, 6.07) is 1.53. The summed E-state index contributed by atoms with van der Waals surface area (Å²) in [7, 11) is 0. The number of carboxylic acid groups (broad SMARTS) is 1. The van der Waals surface area contributed by atoms with Crippen molar-refractivity contribution >= 4 is 5.97 Å². The van der Waals surface area contributed by atoms with E-state index in [9.17, 15) is 4.79 Å². The van der Waals surface area contributed by atoms with Gasteiger partial charge in [0.1, 0.15) is 5.76 Å². The fraction of sp³-hybridized carbons (Fsp3) is 0.417. The van der Waals surface area contributed by atoms with Crippen molar-refractivity contribution in [3.8, 4) is 0 Å². The Morgan fingerprint density at radius 1 is 1.47 bits per heavy atom. The SMILES string of the molecule is Cc1noc(CCNCc2cc(C(=O)O)oc2C)n1. The normalized spacial score (nSPS) is 10.8. The van der Waals surface area contributed by atoms with Crippen LogP contribution in [0.2, 0.25) is 0 Å². The van der Waals surface area contributed by atoms with Gasteiger partial charge in [-0.05, 0) is 19.9 Å². The maximum absolute atomic E-state index is 10.7. The average Bonchev–Trinajstić information content (AvgIpc) is 2.92. The summed E-state index contributed by atoms with van der Waals surface area (Å²) in [5.74, 6) is 0.711. The highest BCUT2D eigenvalue weighted by atomic mass is 16.5. The molecule has 0 unspecified atom stereocenters. The number of aromatic nitrogens is 2. The first-order valence-corrected chi connectivity index (χ1v) is 5.89. The van der Waals surface area contributed by atoms with Crippen molar-refractivity contribution < 1.29 is 18.8 Å². The van der Waals surface area contributed by atoms with Crippen LogP contribution in [0, 0.1) is 13.8 Å². The van der Waals surface area contributed by atoms with E-state index in [0.717, 1.165) is 5.56 Å². The molecule has 0 radical (unpaired) electrons. The average molecular weight is 265 g/mol. The van der Waals surface area contributed by atoms with Crippen LogP contribution in [0.25, 0.3) is 0 Å². The lowest BCUT2D eigenvalue weighted by atomic mass is 10.2. The number of aromatic carboxylic acids is 1. The number of aryl methyl sites for hydroxylation is 2. The molecule has 0 bridgehead atoms. The van der Waals surface area contributed by atoms with Crippen molar-refractivity contribution in [2.75, 3.05) is 6.54 Å². The van der Waals surface area contributed by atoms with Crippen molar-refractivity contribution in [3.63, 3.8) is 0 Å². The second kappa shape index (κ2) is 5.66. The molecule has 0 aliphatic heterocycles. The van der Waals surface area contributed by atoms with Crippen LogP contribution in [0.4, 0.5) is 0 Å². The van der Waals surface area contributed by atoms with E-state index in [2.05, 4.69) is 15.5 Å². The van der Waals surface area contributed by atoms with Crippen molar-refractivity contribution in [1.82, 2.24) is 15.5 Å². The molecule has 0 saturated carbocycles. The monoisotopic (exact) mass is 265 g/mol. The van der Waals surface area contributed by atoms with Gasteiger partial charge in [0.25, 0.3) is 0 Å². The number of carboxylic acids is 1. The van der Waals surface area contributed by atoms with Gasteiger partial charge in [-0.3, -0.25) is 0 Å². The number of carbonyl (C=O) groups is 1. The van der Waals surface area contributed by atoms with Gasteiger partial charge in [0.15, 0.2) is 5.82 Å². The van der Waals surface area contributed by atoms with Crippen LogP contribution in [0.3, 0.4) is 0 Å². The summed E-state index contributed by atoms with van der Waals surface area (Å²) in [5, 5.41) is 15.7. The molecule has 2 aromatic heterocycles. The molecule has 0 atom stereocenters. The van der Waals surface area contributed by atoms with E-state index in [4.69, 9.17) is 14.0 Å². The maximum atomic E-state index is 10.7. The van der Waals surface area contributed by atoms with Gasteiger partial charge in [0.2, 0.25) is 11.7 Å². The molecule has 2 aromatic rings. The Hall–Kier alpha value is -2.15. The molecular weight excluding hydrogens is 250 g/mol. The summed E-state index contributed by atoms with van der Waals surface area (Å²) in [5.41, 5.74) is 0.833. The van der Waals surface area contributed by atoms with E-state index in [1.165, 1.54) is 6.07 Å².